The van der Waals surface area contributed by atoms with Crippen LogP contribution >= 0.6 is 15.9 Å². The summed E-state index contributed by atoms with van der Waals surface area (Å²) in [6, 6.07) is 0.397. The predicted molar refractivity (Wildman–Crippen MR) is 65.0 cm³/mol. The van der Waals surface area contributed by atoms with Crippen molar-refractivity contribution in [3.8, 4) is 0 Å². The van der Waals surface area contributed by atoms with E-state index in [0.29, 0.717) is 6.04 Å². The Kier molecular flexibility index (Phi) is 3.04. The number of likely N-dealkylation sites (tertiary alicyclic amines) is 1. The van der Waals surface area contributed by atoms with Crippen LogP contribution in [0, 0.1) is 5.41 Å². The molecule has 3 heteroatoms. The molecule has 0 aromatic heterocycles. The van der Waals surface area contributed by atoms with Gasteiger partial charge in [-0.15, -0.1) is 0 Å². The molecule has 1 unspecified atom stereocenters. The Morgan fingerprint density at radius 3 is 2.60 bits per heavy atom. The highest BCUT2D eigenvalue weighted by molar-refractivity contribution is 9.12. The quantitative estimate of drug-likeness (QED) is 0.731. The van der Waals surface area contributed by atoms with Gasteiger partial charge in [-0.1, -0.05) is 19.9 Å². The minimum atomic E-state index is -0.238. The van der Waals surface area contributed by atoms with E-state index < -0.39 is 0 Å². The first-order valence-corrected chi connectivity index (χ1v) is 6.47. The third kappa shape index (κ3) is 1.92. The molecule has 2 aliphatic rings. The number of rotatable bonds is 1. The topological polar surface area (TPSA) is 20.3 Å². The number of ketones is 1. The summed E-state index contributed by atoms with van der Waals surface area (Å²) in [5.74, 6) is 0.255. The van der Waals surface area contributed by atoms with Crippen LogP contribution in [0.3, 0.4) is 0 Å². The summed E-state index contributed by atoms with van der Waals surface area (Å²) in [7, 11) is 0. The molecule has 2 nitrogen and oxygen atoms in total. The number of allylic oxidation sites excluding steroid dienone is 1. The van der Waals surface area contributed by atoms with E-state index in [2.05, 4.69) is 34.7 Å². The van der Waals surface area contributed by atoms with Gasteiger partial charge in [-0.2, -0.15) is 0 Å². The molecule has 0 bridgehead atoms. The monoisotopic (exact) mass is 271 g/mol. The fourth-order valence-corrected chi connectivity index (χ4v) is 3.42. The Balaban J connectivity index is 2.22. The summed E-state index contributed by atoms with van der Waals surface area (Å²) in [4.78, 5) is 14.6. The van der Waals surface area contributed by atoms with E-state index in [4.69, 9.17) is 0 Å². The second-order valence-corrected chi connectivity index (χ2v) is 5.95. The van der Waals surface area contributed by atoms with Gasteiger partial charge in [0, 0.05) is 11.5 Å². The van der Waals surface area contributed by atoms with E-state index in [1.165, 1.54) is 12.8 Å². The summed E-state index contributed by atoms with van der Waals surface area (Å²) in [6.07, 6.45) is 5.60. The Hall–Kier alpha value is -0.150. The molecular formula is C12H18BrNO. The van der Waals surface area contributed by atoms with Crippen molar-refractivity contribution in [1.29, 1.82) is 0 Å². The van der Waals surface area contributed by atoms with E-state index >= 15 is 0 Å². The van der Waals surface area contributed by atoms with E-state index in [-0.39, 0.29) is 11.2 Å². The fraction of sp³-hybridized carbons (Fsp3) is 0.750. The van der Waals surface area contributed by atoms with Crippen molar-refractivity contribution in [3.63, 3.8) is 0 Å². The lowest BCUT2D eigenvalue weighted by Crippen LogP contribution is -2.49. The van der Waals surface area contributed by atoms with Gasteiger partial charge >= 0.3 is 0 Å². The average molecular weight is 272 g/mol. The molecule has 1 saturated heterocycles. The van der Waals surface area contributed by atoms with Crippen LogP contribution in [0.25, 0.3) is 0 Å². The van der Waals surface area contributed by atoms with Gasteiger partial charge in [0.2, 0.25) is 0 Å². The number of Topliss-reactive ketones (excluding diaryl/α,β-unsaturated/α-hetero) is 1. The van der Waals surface area contributed by atoms with Gasteiger partial charge in [0.15, 0.2) is 5.78 Å². The second-order valence-electron chi connectivity index (χ2n) is 5.10. The van der Waals surface area contributed by atoms with Gasteiger partial charge in [0.25, 0.3) is 0 Å². The van der Waals surface area contributed by atoms with E-state index in [9.17, 15) is 4.79 Å². The fourth-order valence-electron chi connectivity index (χ4n) is 2.72. The zero-order valence-corrected chi connectivity index (χ0v) is 11.0. The Bertz CT molecular complexity index is 303. The van der Waals surface area contributed by atoms with Crippen molar-refractivity contribution >= 4 is 21.7 Å². The molecule has 84 valence electrons. The van der Waals surface area contributed by atoms with Gasteiger partial charge in [0.05, 0.1) is 4.48 Å². The zero-order valence-electron chi connectivity index (χ0n) is 9.42. The molecule has 1 aliphatic heterocycles. The van der Waals surface area contributed by atoms with Gasteiger partial charge in [-0.05, 0) is 48.3 Å². The van der Waals surface area contributed by atoms with Crippen molar-refractivity contribution in [2.24, 2.45) is 5.41 Å². The first kappa shape index (κ1) is 11.3. The van der Waals surface area contributed by atoms with Crippen LogP contribution in [0.4, 0.5) is 0 Å². The van der Waals surface area contributed by atoms with Gasteiger partial charge in [-0.3, -0.25) is 9.69 Å². The van der Waals surface area contributed by atoms with Crippen LogP contribution in [0.1, 0.15) is 33.1 Å². The molecule has 2 rings (SSSR count). The van der Waals surface area contributed by atoms with Crippen molar-refractivity contribution in [2.45, 2.75) is 39.2 Å². The summed E-state index contributed by atoms with van der Waals surface area (Å²) < 4.78 is 0.767. The molecule has 0 saturated carbocycles. The Morgan fingerprint density at radius 1 is 1.40 bits per heavy atom. The smallest absolute Gasteiger partial charge is 0.176 e. The Morgan fingerprint density at radius 2 is 2.00 bits per heavy atom. The van der Waals surface area contributed by atoms with Crippen molar-refractivity contribution in [3.05, 3.63) is 10.6 Å². The minimum absolute atomic E-state index is 0.238. The SMILES string of the molecule is CC1(C)C(=O)C(Br)=CCC1N1CCCC1. The zero-order chi connectivity index (χ0) is 11.1. The molecule has 0 aromatic rings. The van der Waals surface area contributed by atoms with Crippen LogP contribution in [0.15, 0.2) is 10.6 Å². The summed E-state index contributed by atoms with van der Waals surface area (Å²) in [6.45, 7) is 6.47. The number of hydrogen-bond donors (Lipinski definition) is 0. The highest BCUT2D eigenvalue weighted by Gasteiger charge is 2.43. The molecule has 1 fully saturated rings. The van der Waals surface area contributed by atoms with Crippen LogP contribution in [0.2, 0.25) is 0 Å². The van der Waals surface area contributed by atoms with Crippen LogP contribution in [-0.4, -0.2) is 29.8 Å². The molecule has 15 heavy (non-hydrogen) atoms. The van der Waals surface area contributed by atoms with Crippen molar-refractivity contribution in [1.82, 2.24) is 4.90 Å². The third-order valence-electron chi connectivity index (χ3n) is 3.74. The van der Waals surface area contributed by atoms with Crippen molar-refractivity contribution < 1.29 is 4.79 Å². The number of nitrogens with zero attached hydrogens (tertiary/aromatic N) is 1. The molecule has 0 amide bonds. The van der Waals surface area contributed by atoms with E-state index in [1.807, 2.05) is 6.08 Å². The van der Waals surface area contributed by atoms with Crippen LogP contribution in [0.5, 0.6) is 0 Å². The summed E-state index contributed by atoms with van der Waals surface area (Å²) >= 11 is 3.36. The third-order valence-corrected chi connectivity index (χ3v) is 4.42. The minimum Gasteiger partial charge on any atom is -0.299 e. The van der Waals surface area contributed by atoms with Crippen LogP contribution < -0.4 is 0 Å². The molecule has 0 spiro atoms. The highest BCUT2D eigenvalue weighted by Crippen LogP contribution is 2.38. The number of hydrogen-bond acceptors (Lipinski definition) is 2. The average Bonchev–Trinajstić information content (AvgIpc) is 2.67. The lowest BCUT2D eigenvalue weighted by atomic mass is 9.74. The van der Waals surface area contributed by atoms with E-state index in [0.717, 1.165) is 24.0 Å². The molecule has 1 atom stereocenters. The molecule has 0 radical (unpaired) electrons. The maximum absolute atomic E-state index is 12.1. The number of halogens is 1. The second kappa shape index (κ2) is 4.02. The molecule has 0 aromatic carbocycles. The van der Waals surface area contributed by atoms with Crippen LogP contribution in [-0.2, 0) is 4.79 Å². The standard InChI is InChI=1S/C12H18BrNO/c1-12(2)10(14-7-3-4-8-14)6-5-9(13)11(12)15/h5,10H,3-4,6-8H2,1-2H3. The first-order valence-electron chi connectivity index (χ1n) is 5.68. The molecular weight excluding hydrogens is 254 g/mol. The lowest BCUT2D eigenvalue weighted by molar-refractivity contribution is -0.126. The summed E-state index contributed by atoms with van der Waals surface area (Å²) in [5.41, 5.74) is -0.238. The normalized spacial score (nSPS) is 31.8. The molecule has 1 aliphatic carbocycles. The summed E-state index contributed by atoms with van der Waals surface area (Å²) in [5, 5.41) is 0. The molecule has 0 N–H and O–H groups in total. The number of carbonyl (C=O) groups is 1. The first-order chi connectivity index (χ1) is 7.03. The van der Waals surface area contributed by atoms with Gasteiger partial charge in [0.1, 0.15) is 0 Å². The Labute approximate surface area is 99.8 Å². The van der Waals surface area contributed by atoms with Crippen molar-refractivity contribution in [2.75, 3.05) is 13.1 Å². The highest BCUT2D eigenvalue weighted by atomic mass is 79.9. The largest absolute Gasteiger partial charge is 0.299 e. The predicted octanol–water partition coefficient (Wildman–Crippen LogP) is 2.73. The lowest BCUT2D eigenvalue weighted by Gasteiger charge is -2.41. The maximum atomic E-state index is 12.1. The molecule has 1 heterocycles. The van der Waals surface area contributed by atoms with Gasteiger partial charge in [-0.25, -0.2) is 0 Å². The van der Waals surface area contributed by atoms with Gasteiger partial charge < -0.3 is 0 Å². The maximum Gasteiger partial charge on any atom is 0.176 e. The number of carbonyl (C=O) groups excluding carboxylic acids is 1. The van der Waals surface area contributed by atoms with E-state index in [1.54, 1.807) is 0 Å².